The van der Waals surface area contributed by atoms with Gasteiger partial charge in [0.05, 0.1) is 34.2 Å². The van der Waals surface area contributed by atoms with E-state index < -0.39 is 0 Å². The van der Waals surface area contributed by atoms with Gasteiger partial charge in [0.1, 0.15) is 0 Å². The van der Waals surface area contributed by atoms with Gasteiger partial charge in [-0.25, -0.2) is 0 Å². The number of aryl methyl sites for hydroxylation is 4. The fraction of sp³-hybridized carbons (Fsp3) is 0.119. The van der Waals surface area contributed by atoms with Crippen molar-refractivity contribution in [3.8, 4) is 0 Å². The molecule has 13 aromatic carbocycles. The number of aliphatic imine (C=N–C) groups is 6. The molecule has 0 bridgehead atoms. The molecule has 9 nitrogen and oxygen atoms in total. The molecular weight excluding hydrogens is 1550 g/mol. The number of aromatic nitrogens is 2. The van der Waals surface area contributed by atoms with Crippen molar-refractivity contribution in [2.45, 2.75) is 89.9 Å². The van der Waals surface area contributed by atoms with Gasteiger partial charge in [0.2, 0.25) is 0 Å². The highest BCUT2D eigenvalue weighted by Gasteiger charge is 2.17. The molecule has 0 radical (unpaired) electrons. The Hall–Kier alpha value is -15.3. The molecule has 9 heteroatoms. The van der Waals surface area contributed by atoms with Crippen molar-refractivity contribution in [1.29, 1.82) is 0 Å². The van der Waals surface area contributed by atoms with Crippen LogP contribution in [0.15, 0.2) is 466 Å². The van der Waals surface area contributed by atoms with Crippen LogP contribution in [0, 0.1) is 0 Å². The van der Waals surface area contributed by atoms with Crippen molar-refractivity contribution in [3.05, 3.63) is 508 Å². The molecule has 0 saturated carbocycles. The third-order valence-corrected chi connectivity index (χ3v) is 22.6. The fourth-order valence-electron chi connectivity index (χ4n) is 15.7. The molecule has 15 aromatic rings. The monoisotopic (exact) mass is 1650 g/mol. The average Bonchev–Trinajstić information content (AvgIpc) is 1.70. The van der Waals surface area contributed by atoms with Gasteiger partial charge in [-0.3, -0.25) is 39.7 Å². The molecule has 0 atom stereocenters. The molecule has 127 heavy (non-hydrogen) atoms. The highest BCUT2D eigenvalue weighted by molar-refractivity contribution is 6.07. The molecule has 0 fully saturated rings. The number of benzene rings is 13. The van der Waals surface area contributed by atoms with Crippen LogP contribution >= 0.6 is 0 Å². The van der Waals surface area contributed by atoms with Crippen LogP contribution in [0.4, 0.5) is 0 Å². The summed E-state index contributed by atoms with van der Waals surface area (Å²) in [6, 6.07) is 129. The summed E-state index contributed by atoms with van der Waals surface area (Å²) in [5, 5.41) is 6.82. The van der Waals surface area contributed by atoms with E-state index in [9.17, 15) is 4.79 Å². The number of nitrogens with zero attached hydrogens (tertiary/aromatic N) is 7. The predicted molar refractivity (Wildman–Crippen MR) is 540 cm³/mol. The lowest BCUT2D eigenvalue weighted by molar-refractivity contribution is 0.957. The maximum absolute atomic E-state index is 12.1. The van der Waals surface area contributed by atoms with E-state index in [-0.39, 0.29) is 5.56 Å². The SMILES string of the molecule is C(=Cc1ccccc1)C1=NC(c2ccccc2)=CC1.C1=C(c2ccccc2)N=C(/C=C/c2ccccc2)C1.C1=C(c2ccccc2)N=C(CCc2cc3ccccc3cn2)C1.C1=C(c2ccccc2)N=C(CCc2ccc3ccccc3c2)C1.C1=C(c2ccccc2)N=C(CCc2ccccc2)C1.O=c1[nH]c(CCC2=NC(c3ccccc3)=CC2)cc2ccccc12. The average molecular weight is 1650 g/mol. The van der Waals surface area contributed by atoms with Crippen LogP contribution in [0.3, 0.4) is 0 Å². The number of hydrogen-bond donors (Lipinski definition) is 1. The maximum Gasteiger partial charge on any atom is 0.256 e. The van der Waals surface area contributed by atoms with E-state index in [0.29, 0.717) is 0 Å². The Morgan fingerprint density at radius 3 is 0.992 bits per heavy atom. The smallest absolute Gasteiger partial charge is 0.256 e. The van der Waals surface area contributed by atoms with Gasteiger partial charge in [-0.1, -0.05) is 407 Å². The first-order valence-corrected chi connectivity index (χ1v) is 44.2. The second-order valence-electron chi connectivity index (χ2n) is 31.8. The molecule has 6 aliphatic rings. The van der Waals surface area contributed by atoms with E-state index >= 15 is 0 Å². The molecule has 21 rings (SSSR count). The Kier molecular flexibility index (Phi) is 30.0. The molecule has 6 aliphatic heterocycles. The minimum absolute atomic E-state index is 0.0143. The third-order valence-electron chi connectivity index (χ3n) is 22.6. The summed E-state index contributed by atoms with van der Waals surface area (Å²) in [4.78, 5) is 48.1. The van der Waals surface area contributed by atoms with Crippen molar-refractivity contribution in [2.75, 3.05) is 0 Å². The minimum Gasteiger partial charge on any atom is -0.326 e. The van der Waals surface area contributed by atoms with Crippen molar-refractivity contribution in [3.63, 3.8) is 0 Å². The van der Waals surface area contributed by atoms with Crippen LogP contribution in [0.25, 0.3) is 78.7 Å². The Balaban J connectivity index is 0.000000112. The van der Waals surface area contributed by atoms with Gasteiger partial charge in [0.15, 0.2) is 0 Å². The number of nitrogens with one attached hydrogen (secondary N) is 1. The largest absolute Gasteiger partial charge is 0.326 e. The van der Waals surface area contributed by atoms with Gasteiger partial charge < -0.3 is 4.98 Å². The summed E-state index contributed by atoms with van der Waals surface area (Å²) in [6.45, 7) is 0. The highest BCUT2D eigenvalue weighted by atomic mass is 16.1. The minimum atomic E-state index is -0.0143. The van der Waals surface area contributed by atoms with Crippen LogP contribution in [0.1, 0.15) is 131 Å². The van der Waals surface area contributed by atoms with Gasteiger partial charge >= 0.3 is 0 Å². The van der Waals surface area contributed by atoms with Crippen molar-refractivity contribution < 1.29 is 0 Å². The molecule has 0 spiro atoms. The summed E-state index contributed by atoms with van der Waals surface area (Å²) in [6.07, 6.45) is 37.1. The van der Waals surface area contributed by atoms with Gasteiger partial charge in [-0.05, 0) is 159 Å². The topological polar surface area (TPSA) is 120 Å². The lowest BCUT2D eigenvalue weighted by atomic mass is 10.0. The number of aromatic amines is 1. The third kappa shape index (κ3) is 25.2. The molecule has 0 saturated heterocycles. The zero-order valence-corrected chi connectivity index (χ0v) is 71.6. The second kappa shape index (κ2) is 44.7. The van der Waals surface area contributed by atoms with Crippen LogP contribution in [-0.2, 0) is 25.7 Å². The summed E-state index contributed by atoms with van der Waals surface area (Å²) in [7, 11) is 0. The lowest BCUT2D eigenvalue weighted by Gasteiger charge is -2.04. The molecule has 1 N–H and O–H groups in total. The van der Waals surface area contributed by atoms with Crippen molar-refractivity contribution >= 4 is 113 Å². The Morgan fingerprint density at radius 1 is 0.244 bits per heavy atom. The quantitative estimate of drug-likeness (QED) is 0.0727. The van der Waals surface area contributed by atoms with E-state index in [1.54, 1.807) is 0 Å². The first-order valence-electron chi connectivity index (χ1n) is 44.2. The van der Waals surface area contributed by atoms with E-state index in [1.165, 1.54) is 94.5 Å². The van der Waals surface area contributed by atoms with E-state index in [2.05, 4.69) is 317 Å². The van der Waals surface area contributed by atoms with Crippen LogP contribution < -0.4 is 5.56 Å². The highest BCUT2D eigenvalue weighted by Crippen LogP contribution is 2.31. The Bertz CT molecular complexity index is 6480. The first-order chi connectivity index (χ1) is 62.8. The molecule has 0 aliphatic carbocycles. The van der Waals surface area contributed by atoms with Crippen LogP contribution in [-0.4, -0.2) is 44.2 Å². The fourth-order valence-corrected chi connectivity index (χ4v) is 15.7. The number of rotatable bonds is 22. The van der Waals surface area contributed by atoms with E-state index in [0.717, 1.165) is 163 Å². The number of pyridine rings is 2. The summed E-state index contributed by atoms with van der Waals surface area (Å²) in [5.74, 6) is 0. The standard InChI is InChI=1S/C22H19N.C21H18N2O.C21H18N2.C18H17N.2C18H15N/c1-2-7-19(8-3-1)22-15-14-21(23-22)13-11-17-10-12-18-6-4-5-9-20(18)16-17;24-21-19-9-5-4-8-16(19)14-18(23-21)11-10-17-12-13-20(22-17)15-6-2-1-3-7-15;1-2-6-16(7-3-1)21-13-12-19(23-21)10-11-20-14-17-8-4-5-9-18(17)15-22-20;3*1-3-7-15(8-4-1)11-12-17-13-14-18(19-17)16-9-5-2-6-10-16/h1-10,12,15-16H,11,13-14H2;1-9,13-14H,10-12H2,(H,23,24);1-9,13-15H,10-12H2;1-10,14H,11-13H2;2*1-12,14H,13H2/b;;;;12-11+;. The molecule has 620 valence electrons. The zero-order valence-electron chi connectivity index (χ0n) is 71.6. The van der Waals surface area contributed by atoms with E-state index in [4.69, 9.17) is 20.0 Å². The van der Waals surface area contributed by atoms with Crippen molar-refractivity contribution in [1.82, 2.24) is 9.97 Å². The molecule has 0 unspecified atom stereocenters. The van der Waals surface area contributed by atoms with Gasteiger partial charge in [-0.2, -0.15) is 0 Å². The maximum atomic E-state index is 12.1. The van der Waals surface area contributed by atoms with Gasteiger partial charge in [0, 0.05) is 101 Å². The predicted octanol–water partition coefficient (Wildman–Crippen LogP) is 28.7. The Labute approximate surface area is 746 Å². The number of fused-ring (bicyclic) bond motifs is 3. The Morgan fingerprint density at radius 2 is 0.567 bits per heavy atom. The number of H-pyrrole nitrogens is 1. The summed E-state index contributed by atoms with van der Waals surface area (Å²) >= 11 is 0. The number of allylic oxidation sites excluding steroid dienone is 8. The second-order valence-corrected chi connectivity index (χ2v) is 31.8. The van der Waals surface area contributed by atoms with Crippen molar-refractivity contribution in [2.24, 2.45) is 30.0 Å². The normalized spacial score (nSPS) is 14.1. The molecule has 0 amide bonds. The van der Waals surface area contributed by atoms with Gasteiger partial charge in [-0.15, -0.1) is 0 Å². The van der Waals surface area contributed by atoms with Crippen LogP contribution in [0.5, 0.6) is 0 Å². The zero-order chi connectivity index (χ0) is 86.1. The van der Waals surface area contributed by atoms with Gasteiger partial charge in [0.25, 0.3) is 5.56 Å². The lowest BCUT2D eigenvalue weighted by Crippen LogP contribution is -2.10. The summed E-state index contributed by atoms with van der Waals surface area (Å²) < 4.78 is 0. The number of hydrogen-bond acceptors (Lipinski definition) is 8. The molecule has 8 heterocycles. The molecule has 2 aromatic heterocycles. The van der Waals surface area contributed by atoms with E-state index in [1.807, 2.05) is 146 Å². The summed E-state index contributed by atoms with van der Waals surface area (Å²) in [5.41, 5.74) is 28.2. The first kappa shape index (κ1) is 85.3. The molecular formula is C118H102N8O. The van der Waals surface area contributed by atoms with Crippen LogP contribution in [0.2, 0.25) is 0 Å².